The van der Waals surface area contributed by atoms with Crippen LogP contribution in [0.2, 0.25) is 0 Å². The molecule has 0 saturated carbocycles. The van der Waals surface area contributed by atoms with Gasteiger partial charge in [0.2, 0.25) is 0 Å². The van der Waals surface area contributed by atoms with Crippen molar-refractivity contribution < 1.29 is 4.84 Å². The molecule has 2 rings (SSSR count). The predicted octanol–water partition coefficient (Wildman–Crippen LogP) is 2.42. The largest absolute Gasteiger partial charge is 0.398 e. The zero-order valence-corrected chi connectivity index (χ0v) is 9.60. The second-order valence-electron chi connectivity index (χ2n) is 3.87. The smallest absolute Gasteiger partial charge is 0.0575 e. The molecule has 16 heavy (non-hydrogen) atoms. The Morgan fingerprint density at radius 3 is 2.44 bits per heavy atom. The molecule has 3 heteroatoms. The Kier molecular flexibility index (Phi) is 3.08. The van der Waals surface area contributed by atoms with Crippen LogP contribution in [0, 0.1) is 0 Å². The first kappa shape index (κ1) is 10.9. The maximum Gasteiger partial charge on any atom is 0.0575 e. The van der Waals surface area contributed by atoms with Gasteiger partial charge in [-0.2, -0.15) is 5.06 Å². The van der Waals surface area contributed by atoms with Crippen molar-refractivity contribution in [2.75, 3.05) is 19.9 Å². The molecule has 0 aromatic heterocycles. The van der Waals surface area contributed by atoms with E-state index >= 15 is 0 Å². The lowest BCUT2D eigenvalue weighted by atomic mass is 10.1. The van der Waals surface area contributed by atoms with Crippen LogP contribution in [0.5, 0.6) is 0 Å². The van der Waals surface area contributed by atoms with Gasteiger partial charge in [0, 0.05) is 12.7 Å². The van der Waals surface area contributed by atoms with Crippen LogP contribution in [0.1, 0.15) is 5.56 Å². The quantitative estimate of drug-likeness (QED) is 0.632. The Labute approximate surface area is 95.4 Å². The summed E-state index contributed by atoms with van der Waals surface area (Å²) in [6, 6.07) is 12.3. The number of nitrogens with two attached hydrogens (primary N) is 1. The Balaban J connectivity index is 2.42. The molecule has 2 N–H and O–H groups in total. The number of nitrogens with zero attached hydrogens (tertiary/aromatic N) is 1. The van der Waals surface area contributed by atoms with E-state index in [1.54, 1.807) is 12.2 Å². The number of hydroxylamine groups is 2. The molecule has 0 amide bonds. The Morgan fingerprint density at radius 2 is 1.81 bits per heavy atom. The molecule has 0 aliphatic rings. The van der Waals surface area contributed by atoms with E-state index in [-0.39, 0.29) is 0 Å². The Morgan fingerprint density at radius 1 is 1.19 bits per heavy atom. The summed E-state index contributed by atoms with van der Waals surface area (Å²) in [5.74, 6) is 0. The van der Waals surface area contributed by atoms with Gasteiger partial charge in [0.15, 0.2) is 0 Å². The standard InChI is InChI=1S/C13H16N2O/c1-15(16-2)9-12-7-10-5-3-4-6-11(10)8-13(12)14/h3-8H,9,14H2,1-2H3. The van der Waals surface area contributed by atoms with Crippen LogP contribution in [-0.2, 0) is 11.4 Å². The van der Waals surface area contributed by atoms with Crippen LogP contribution in [0.25, 0.3) is 10.8 Å². The summed E-state index contributed by atoms with van der Waals surface area (Å²) in [5, 5.41) is 4.13. The maximum absolute atomic E-state index is 6.01. The average Bonchev–Trinajstić information content (AvgIpc) is 2.30. The summed E-state index contributed by atoms with van der Waals surface area (Å²) in [6.07, 6.45) is 0. The Bertz CT molecular complexity index is 496. The van der Waals surface area contributed by atoms with E-state index < -0.39 is 0 Å². The number of rotatable bonds is 3. The first-order chi connectivity index (χ1) is 7.70. The van der Waals surface area contributed by atoms with Gasteiger partial charge in [-0.05, 0) is 28.5 Å². The number of hydrogen-bond donors (Lipinski definition) is 1. The van der Waals surface area contributed by atoms with Crippen LogP contribution in [0.4, 0.5) is 5.69 Å². The van der Waals surface area contributed by atoms with E-state index in [4.69, 9.17) is 10.6 Å². The molecule has 0 unspecified atom stereocenters. The lowest BCUT2D eigenvalue weighted by molar-refractivity contribution is -0.116. The van der Waals surface area contributed by atoms with Crippen molar-refractivity contribution in [1.82, 2.24) is 5.06 Å². The molecule has 84 valence electrons. The normalized spacial score (nSPS) is 11.2. The fourth-order valence-electron chi connectivity index (χ4n) is 1.75. The minimum atomic E-state index is 0.688. The number of benzene rings is 2. The predicted molar refractivity (Wildman–Crippen MR) is 66.8 cm³/mol. The summed E-state index contributed by atoms with van der Waals surface area (Å²) in [4.78, 5) is 5.10. The molecular weight excluding hydrogens is 200 g/mol. The van der Waals surface area contributed by atoms with Gasteiger partial charge in [-0.3, -0.25) is 0 Å². The van der Waals surface area contributed by atoms with Crippen molar-refractivity contribution in [3.05, 3.63) is 42.0 Å². The molecule has 0 bridgehead atoms. The van der Waals surface area contributed by atoms with E-state index in [1.807, 2.05) is 25.2 Å². The molecule has 0 heterocycles. The van der Waals surface area contributed by atoms with Gasteiger partial charge in [0.05, 0.1) is 13.7 Å². The highest BCUT2D eigenvalue weighted by Gasteiger charge is 2.04. The third-order valence-corrected chi connectivity index (χ3v) is 2.71. The number of anilines is 1. The third-order valence-electron chi connectivity index (χ3n) is 2.71. The lowest BCUT2D eigenvalue weighted by Crippen LogP contribution is -2.16. The van der Waals surface area contributed by atoms with Crippen LogP contribution < -0.4 is 5.73 Å². The van der Waals surface area contributed by atoms with Crippen molar-refractivity contribution in [1.29, 1.82) is 0 Å². The molecule has 0 atom stereocenters. The molecule has 0 radical (unpaired) electrons. The third kappa shape index (κ3) is 2.15. The molecule has 0 fully saturated rings. The van der Waals surface area contributed by atoms with Crippen molar-refractivity contribution in [2.24, 2.45) is 0 Å². The summed E-state index contributed by atoms with van der Waals surface area (Å²) in [6.45, 7) is 0.688. The van der Waals surface area contributed by atoms with Crippen molar-refractivity contribution in [3.63, 3.8) is 0 Å². The number of nitrogen functional groups attached to an aromatic ring is 1. The van der Waals surface area contributed by atoms with Crippen molar-refractivity contribution >= 4 is 16.5 Å². The SMILES string of the molecule is CON(C)Cc1cc2ccccc2cc1N. The van der Waals surface area contributed by atoms with Gasteiger partial charge in [0.1, 0.15) is 0 Å². The van der Waals surface area contributed by atoms with Gasteiger partial charge >= 0.3 is 0 Å². The first-order valence-corrected chi connectivity index (χ1v) is 5.23. The van der Waals surface area contributed by atoms with Gasteiger partial charge in [0.25, 0.3) is 0 Å². The minimum Gasteiger partial charge on any atom is -0.398 e. The highest BCUT2D eigenvalue weighted by Crippen LogP contribution is 2.22. The van der Waals surface area contributed by atoms with Gasteiger partial charge in [-0.25, -0.2) is 0 Å². The van der Waals surface area contributed by atoms with Gasteiger partial charge in [-0.1, -0.05) is 24.3 Å². The molecular formula is C13H16N2O. The molecule has 2 aromatic rings. The average molecular weight is 216 g/mol. The monoisotopic (exact) mass is 216 g/mol. The fourth-order valence-corrected chi connectivity index (χ4v) is 1.75. The van der Waals surface area contributed by atoms with E-state index in [0.717, 1.165) is 11.3 Å². The zero-order valence-electron chi connectivity index (χ0n) is 9.60. The molecule has 0 saturated heterocycles. The molecule has 3 nitrogen and oxygen atoms in total. The van der Waals surface area contributed by atoms with Crippen LogP contribution in [0.3, 0.4) is 0 Å². The van der Waals surface area contributed by atoms with Crippen LogP contribution >= 0.6 is 0 Å². The van der Waals surface area contributed by atoms with Crippen LogP contribution in [-0.4, -0.2) is 19.2 Å². The van der Waals surface area contributed by atoms with Crippen molar-refractivity contribution in [3.8, 4) is 0 Å². The van der Waals surface area contributed by atoms with Crippen LogP contribution in [0.15, 0.2) is 36.4 Å². The molecule has 0 spiro atoms. The highest BCUT2D eigenvalue weighted by molar-refractivity contribution is 5.86. The Hall–Kier alpha value is -1.58. The highest BCUT2D eigenvalue weighted by atomic mass is 16.7. The second-order valence-corrected chi connectivity index (χ2v) is 3.87. The van der Waals surface area contributed by atoms with Gasteiger partial charge < -0.3 is 10.6 Å². The van der Waals surface area contributed by atoms with E-state index in [0.29, 0.717) is 6.54 Å². The van der Waals surface area contributed by atoms with Gasteiger partial charge in [-0.15, -0.1) is 0 Å². The van der Waals surface area contributed by atoms with E-state index in [1.165, 1.54) is 10.8 Å². The molecule has 0 aliphatic heterocycles. The zero-order chi connectivity index (χ0) is 11.5. The summed E-state index contributed by atoms with van der Waals surface area (Å²) >= 11 is 0. The van der Waals surface area contributed by atoms with E-state index in [2.05, 4.69) is 18.2 Å². The number of fused-ring (bicyclic) bond motifs is 1. The summed E-state index contributed by atoms with van der Waals surface area (Å²) in [5.41, 5.74) is 7.90. The van der Waals surface area contributed by atoms with E-state index in [9.17, 15) is 0 Å². The topological polar surface area (TPSA) is 38.5 Å². The first-order valence-electron chi connectivity index (χ1n) is 5.23. The van der Waals surface area contributed by atoms with Crippen molar-refractivity contribution in [2.45, 2.75) is 6.54 Å². The summed E-state index contributed by atoms with van der Waals surface area (Å²) < 4.78 is 0. The minimum absolute atomic E-state index is 0.688. The fraction of sp³-hybridized carbons (Fsp3) is 0.231. The second kappa shape index (κ2) is 4.51. The lowest BCUT2D eigenvalue weighted by Gasteiger charge is -2.15. The molecule has 2 aromatic carbocycles. The molecule has 0 aliphatic carbocycles. The number of hydrogen-bond acceptors (Lipinski definition) is 3. The maximum atomic E-state index is 6.01. The summed E-state index contributed by atoms with van der Waals surface area (Å²) in [7, 11) is 3.53.